The minimum atomic E-state index is -0.197. The maximum atomic E-state index is 6.02. The van der Waals surface area contributed by atoms with Crippen molar-refractivity contribution < 1.29 is 9.47 Å². The van der Waals surface area contributed by atoms with Gasteiger partial charge in [0.25, 0.3) is 0 Å². The first kappa shape index (κ1) is 20.2. The summed E-state index contributed by atoms with van der Waals surface area (Å²) in [6.45, 7) is 5.36. The highest BCUT2D eigenvalue weighted by Crippen LogP contribution is 2.29. The Morgan fingerprint density at radius 1 is 1.09 bits per heavy atom. The average molecular weight is 428 g/mol. The van der Waals surface area contributed by atoms with Crippen LogP contribution in [0.5, 0.6) is 5.75 Å². The molecule has 7 nitrogen and oxygen atoms in total. The lowest BCUT2D eigenvalue weighted by atomic mass is 10.1. The van der Waals surface area contributed by atoms with Crippen LogP contribution in [0.3, 0.4) is 0 Å². The van der Waals surface area contributed by atoms with Crippen LogP contribution in [-0.4, -0.2) is 38.0 Å². The molecule has 2 aromatic heterocycles. The number of aromatic nitrogens is 5. The van der Waals surface area contributed by atoms with Gasteiger partial charge in [0.2, 0.25) is 0 Å². The molecule has 0 amide bonds. The fourth-order valence-corrected chi connectivity index (χ4v) is 3.85. The monoisotopic (exact) mass is 427 g/mol. The Morgan fingerprint density at radius 3 is 2.69 bits per heavy atom. The fraction of sp³-hybridized carbons (Fsp3) is 0.240. The van der Waals surface area contributed by atoms with Crippen LogP contribution in [0.15, 0.2) is 55.0 Å². The van der Waals surface area contributed by atoms with E-state index in [-0.39, 0.29) is 6.10 Å². The van der Waals surface area contributed by atoms with Crippen LogP contribution in [0, 0.1) is 13.8 Å². The summed E-state index contributed by atoms with van der Waals surface area (Å²) >= 11 is 0. The first-order valence-electron chi connectivity index (χ1n) is 10.6. The van der Waals surface area contributed by atoms with E-state index in [1.807, 2.05) is 52.7 Å². The summed E-state index contributed by atoms with van der Waals surface area (Å²) in [5.74, 6) is 2.27. The van der Waals surface area contributed by atoms with Gasteiger partial charge in [-0.2, -0.15) is 5.10 Å². The van der Waals surface area contributed by atoms with E-state index in [0.29, 0.717) is 19.0 Å². The Kier molecular flexibility index (Phi) is 5.33. The molecule has 4 aromatic rings. The van der Waals surface area contributed by atoms with E-state index in [9.17, 15) is 0 Å². The standard InChI is InChI=1S/C25H25N5O2/c1-17-4-8-20(9-5-17)24-25-27-23(28-30(25)12-13-32-24)11-7-19-6-10-21(22(14-19)31-3)29-15-18(2)26-16-29/h4-11,14-16,24H,12-13H2,1-3H3/b11-7+/t24-/m0/s1. The summed E-state index contributed by atoms with van der Waals surface area (Å²) in [4.78, 5) is 9.05. The molecule has 5 rings (SSSR count). The molecule has 1 aliphatic heterocycles. The van der Waals surface area contributed by atoms with Crippen molar-refractivity contribution in [1.29, 1.82) is 0 Å². The van der Waals surface area contributed by atoms with Gasteiger partial charge in [-0.1, -0.05) is 42.0 Å². The molecule has 162 valence electrons. The number of nitrogens with zero attached hydrogens (tertiary/aromatic N) is 5. The second-order valence-corrected chi connectivity index (χ2v) is 7.90. The highest BCUT2D eigenvalue weighted by Gasteiger charge is 2.26. The van der Waals surface area contributed by atoms with Crippen molar-refractivity contribution in [2.45, 2.75) is 26.5 Å². The number of ether oxygens (including phenoxy) is 2. The largest absolute Gasteiger partial charge is 0.495 e. The predicted molar refractivity (Wildman–Crippen MR) is 123 cm³/mol. The molecule has 0 spiro atoms. The molecule has 2 aromatic carbocycles. The molecule has 0 fully saturated rings. The van der Waals surface area contributed by atoms with Crippen LogP contribution in [0.4, 0.5) is 0 Å². The van der Waals surface area contributed by atoms with E-state index < -0.39 is 0 Å². The molecule has 0 aliphatic carbocycles. The highest BCUT2D eigenvalue weighted by molar-refractivity contribution is 5.69. The summed E-state index contributed by atoms with van der Waals surface area (Å²) in [6.07, 6.45) is 7.48. The molecule has 0 N–H and O–H groups in total. The van der Waals surface area contributed by atoms with Crippen molar-refractivity contribution >= 4 is 12.2 Å². The molecule has 1 atom stereocenters. The van der Waals surface area contributed by atoms with E-state index in [1.54, 1.807) is 13.4 Å². The summed E-state index contributed by atoms with van der Waals surface area (Å²) in [5.41, 5.74) is 5.22. The van der Waals surface area contributed by atoms with Gasteiger partial charge in [-0.15, -0.1) is 0 Å². The first-order valence-corrected chi connectivity index (χ1v) is 10.6. The van der Waals surface area contributed by atoms with Crippen LogP contribution in [0.25, 0.3) is 17.8 Å². The van der Waals surface area contributed by atoms with Gasteiger partial charge in [-0.25, -0.2) is 14.6 Å². The third-order valence-corrected chi connectivity index (χ3v) is 5.54. The topological polar surface area (TPSA) is 67.0 Å². The van der Waals surface area contributed by atoms with Crippen molar-refractivity contribution in [3.8, 4) is 11.4 Å². The molecule has 0 saturated carbocycles. The number of rotatable bonds is 5. The van der Waals surface area contributed by atoms with Crippen LogP contribution in [0.2, 0.25) is 0 Å². The Hall–Kier alpha value is -3.71. The number of hydrogen-bond donors (Lipinski definition) is 0. The molecular weight excluding hydrogens is 402 g/mol. The lowest BCUT2D eigenvalue weighted by molar-refractivity contribution is 0.0389. The Balaban J connectivity index is 1.40. The fourth-order valence-electron chi connectivity index (χ4n) is 3.85. The van der Waals surface area contributed by atoms with Gasteiger partial charge in [-0.3, -0.25) is 0 Å². The zero-order valence-corrected chi connectivity index (χ0v) is 18.4. The highest BCUT2D eigenvalue weighted by atomic mass is 16.5. The number of methoxy groups -OCH3 is 1. The minimum Gasteiger partial charge on any atom is -0.495 e. The van der Waals surface area contributed by atoms with Gasteiger partial charge in [0.05, 0.1) is 38.0 Å². The Bertz CT molecular complexity index is 1270. The zero-order chi connectivity index (χ0) is 22.1. The van der Waals surface area contributed by atoms with Gasteiger partial charge in [-0.05, 0) is 43.2 Å². The van der Waals surface area contributed by atoms with Gasteiger partial charge in [0.15, 0.2) is 11.6 Å². The predicted octanol–water partition coefficient (Wildman–Crippen LogP) is 4.38. The number of benzene rings is 2. The minimum absolute atomic E-state index is 0.197. The molecular formula is C25H25N5O2. The molecule has 0 radical (unpaired) electrons. The lowest BCUT2D eigenvalue weighted by Gasteiger charge is -2.23. The molecule has 32 heavy (non-hydrogen) atoms. The molecule has 0 unspecified atom stereocenters. The van der Waals surface area contributed by atoms with Crippen LogP contribution >= 0.6 is 0 Å². The maximum Gasteiger partial charge on any atom is 0.174 e. The van der Waals surface area contributed by atoms with Crippen molar-refractivity contribution in [3.63, 3.8) is 0 Å². The number of fused-ring (bicyclic) bond motifs is 1. The normalized spacial score (nSPS) is 15.8. The third-order valence-electron chi connectivity index (χ3n) is 5.54. The van der Waals surface area contributed by atoms with E-state index in [4.69, 9.17) is 14.5 Å². The summed E-state index contributed by atoms with van der Waals surface area (Å²) in [7, 11) is 1.67. The summed E-state index contributed by atoms with van der Waals surface area (Å²) < 4.78 is 15.5. The molecule has 0 bridgehead atoms. The van der Waals surface area contributed by atoms with Crippen LogP contribution in [0.1, 0.15) is 40.1 Å². The maximum absolute atomic E-state index is 6.02. The van der Waals surface area contributed by atoms with Crippen molar-refractivity contribution in [1.82, 2.24) is 24.3 Å². The zero-order valence-electron chi connectivity index (χ0n) is 18.4. The SMILES string of the molecule is COc1cc(/C=C/c2nc3n(n2)CCO[C@H]3c2ccc(C)cc2)ccc1-n1cnc(C)c1. The van der Waals surface area contributed by atoms with E-state index in [0.717, 1.165) is 34.1 Å². The van der Waals surface area contributed by atoms with Crippen LogP contribution in [-0.2, 0) is 11.3 Å². The lowest BCUT2D eigenvalue weighted by Crippen LogP contribution is -2.23. The summed E-state index contributed by atoms with van der Waals surface area (Å²) in [5, 5.41) is 4.66. The quantitative estimate of drug-likeness (QED) is 0.473. The first-order chi connectivity index (χ1) is 15.6. The van der Waals surface area contributed by atoms with Gasteiger partial charge in [0, 0.05) is 6.20 Å². The van der Waals surface area contributed by atoms with Crippen molar-refractivity contribution in [2.24, 2.45) is 0 Å². The van der Waals surface area contributed by atoms with Gasteiger partial charge in [0.1, 0.15) is 11.9 Å². The van der Waals surface area contributed by atoms with Crippen LogP contribution < -0.4 is 4.74 Å². The molecule has 3 heterocycles. The van der Waals surface area contributed by atoms with Gasteiger partial charge < -0.3 is 14.0 Å². The average Bonchev–Trinajstić information content (AvgIpc) is 3.43. The smallest absolute Gasteiger partial charge is 0.174 e. The van der Waals surface area contributed by atoms with Crippen molar-refractivity contribution in [2.75, 3.05) is 13.7 Å². The summed E-state index contributed by atoms with van der Waals surface area (Å²) in [6, 6.07) is 14.4. The number of imidazole rings is 1. The number of hydrogen-bond acceptors (Lipinski definition) is 5. The van der Waals surface area contributed by atoms with Gasteiger partial charge >= 0.3 is 0 Å². The van der Waals surface area contributed by atoms with E-state index >= 15 is 0 Å². The van der Waals surface area contributed by atoms with E-state index in [2.05, 4.69) is 41.3 Å². The van der Waals surface area contributed by atoms with Crippen molar-refractivity contribution in [3.05, 3.63) is 89.0 Å². The Morgan fingerprint density at radius 2 is 1.94 bits per heavy atom. The van der Waals surface area contributed by atoms with E-state index in [1.165, 1.54) is 5.56 Å². The molecule has 0 saturated heterocycles. The third kappa shape index (κ3) is 3.94. The molecule has 1 aliphatic rings. The second-order valence-electron chi connectivity index (χ2n) is 7.90. The Labute approximate surface area is 187 Å². The number of aryl methyl sites for hydroxylation is 2. The second kappa shape index (κ2) is 8.43. The molecule has 7 heteroatoms.